The molecule has 1 aliphatic rings. The second-order valence-electron chi connectivity index (χ2n) is 6.17. The van der Waals surface area contributed by atoms with E-state index < -0.39 is 0 Å². The van der Waals surface area contributed by atoms with Crippen molar-refractivity contribution in [2.45, 2.75) is 50.9 Å². The van der Waals surface area contributed by atoms with Crippen molar-refractivity contribution >= 4 is 5.78 Å². The van der Waals surface area contributed by atoms with Crippen molar-refractivity contribution in [3.8, 4) is 0 Å². The molecule has 1 fully saturated rings. The number of piperidine rings is 1. The molecule has 1 unspecified atom stereocenters. The van der Waals surface area contributed by atoms with E-state index in [1.54, 1.807) is 0 Å². The highest BCUT2D eigenvalue weighted by Gasteiger charge is 2.41. The number of ketones is 1. The van der Waals surface area contributed by atoms with Crippen LogP contribution in [0, 0.1) is 0 Å². The van der Waals surface area contributed by atoms with Crippen LogP contribution in [-0.2, 0) is 10.2 Å². The first kappa shape index (κ1) is 15.2. The van der Waals surface area contributed by atoms with E-state index in [2.05, 4.69) is 36.1 Å². The van der Waals surface area contributed by atoms with Crippen molar-refractivity contribution in [2.75, 3.05) is 20.1 Å². The van der Waals surface area contributed by atoms with Crippen molar-refractivity contribution in [2.24, 2.45) is 0 Å². The zero-order chi connectivity index (χ0) is 14.4. The van der Waals surface area contributed by atoms with Crippen LogP contribution in [-0.4, -0.2) is 30.8 Å². The van der Waals surface area contributed by atoms with Crippen LogP contribution in [0.4, 0.5) is 0 Å². The van der Waals surface area contributed by atoms with Gasteiger partial charge in [-0.3, -0.25) is 9.69 Å². The molecule has 1 atom stereocenters. The Balaban J connectivity index is 2.17. The van der Waals surface area contributed by atoms with Gasteiger partial charge in [-0.25, -0.2) is 0 Å². The predicted octanol–water partition coefficient (Wildman–Crippen LogP) is 3.80. The molecule has 0 radical (unpaired) electrons. The van der Waals surface area contributed by atoms with Crippen LogP contribution in [0.25, 0.3) is 0 Å². The van der Waals surface area contributed by atoms with Crippen LogP contribution in [0.15, 0.2) is 30.3 Å². The Kier molecular flexibility index (Phi) is 5.36. The first-order valence-corrected chi connectivity index (χ1v) is 7.96. The van der Waals surface area contributed by atoms with Crippen LogP contribution in [0.2, 0.25) is 0 Å². The molecule has 0 aliphatic carbocycles. The number of rotatable bonds is 6. The first-order valence-electron chi connectivity index (χ1n) is 7.96. The minimum atomic E-state index is -0.221. The molecule has 1 aromatic carbocycles. The van der Waals surface area contributed by atoms with E-state index in [-0.39, 0.29) is 5.41 Å². The van der Waals surface area contributed by atoms with Gasteiger partial charge >= 0.3 is 0 Å². The van der Waals surface area contributed by atoms with E-state index in [0.717, 1.165) is 25.8 Å². The number of Topliss-reactive ketones (excluding diaryl/α,β-unsaturated/α-hetero) is 1. The minimum absolute atomic E-state index is 0.221. The topological polar surface area (TPSA) is 20.3 Å². The Labute approximate surface area is 123 Å². The number of carbonyl (C=O) groups excluding carboxylic acids is 1. The second kappa shape index (κ2) is 7.03. The molecule has 2 nitrogen and oxygen atoms in total. The summed E-state index contributed by atoms with van der Waals surface area (Å²) in [6.07, 6.45) is 6.92. The first-order chi connectivity index (χ1) is 9.69. The lowest BCUT2D eigenvalue weighted by Gasteiger charge is -2.40. The average molecular weight is 273 g/mol. The zero-order valence-corrected chi connectivity index (χ0v) is 12.9. The molecule has 0 saturated carbocycles. The third-order valence-electron chi connectivity index (χ3n) is 4.65. The third-order valence-corrected chi connectivity index (χ3v) is 4.65. The number of nitrogens with zero attached hydrogens (tertiary/aromatic N) is 1. The van der Waals surface area contributed by atoms with Gasteiger partial charge in [0.1, 0.15) is 0 Å². The molecular weight excluding hydrogens is 246 g/mol. The van der Waals surface area contributed by atoms with Crippen molar-refractivity contribution in [1.82, 2.24) is 4.90 Å². The Morgan fingerprint density at radius 1 is 1.15 bits per heavy atom. The van der Waals surface area contributed by atoms with Crippen LogP contribution in [0.1, 0.15) is 51.0 Å². The lowest BCUT2D eigenvalue weighted by Crippen LogP contribution is -2.49. The van der Waals surface area contributed by atoms with Crippen molar-refractivity contribution < 1.29 is 4.79 Å². The van der Waals surface area contributed by atoms with Crippen molar-refractivity contribution in [1.29, 1.82) is 0 Å². The lowest BCUT2D eigenvalue weighted by molar-refractivity contribution is -0.128. The summed E-state index contributed by atoms with van der Waals surface area (Å²) >= 11 is 0. The van der Waals surface area contributed by atoms with Crippen LogP contribution in [0.3, 0.4) is 0 Å². The molecule has 0 amide bonds. The molecule has 0 spiro atoms. The van der Waals surface area contributed by atoms with Gasteiger partial charge in [-0.2, -0.15) is 0 Å². The molecule has 20 heavy (non-hydrogen) atoms. The normalized spacial score (nSPS) is 24.0. The van der Waals surface area contributed by atoms with E-state index in [1.807, 2.05) is 13.1 Å². The number of carbonyl (C=O) groups is 1. The molecule has 0 aromatic heterocycles. The van der Waals surface area contributed by atoms with Gasteiger partial charge in [-0.1, -0.05) is 62.9 Å². The maximum atomic E-state index is 12.7. The highest BCUT2D eigenvalue weighted by molar-refractivity contribution is 5.92. The van der Waals surface area contributed by atoms with E-state index in [1.165, 1.54) is 24.8 Å². The zero-order valence-electron chi connectivity index (χ0n) is 12.9. The van der Waals surface area contributed by atoms with Crippen molar-refractivity contribution in [3.63, 3.8) is 0 Å². The Morgan fingerprint density at radius 3 is 2.55 bits per heavy atom. The van der Waals surface area contributed by atoms with Gasteiger partial charge in [-0.15, -0.1) is 0 Å². The van der Waals surface area contributed by atoms with Gasteiger partial charge in [0.2, 0.25) is 0 Å². The van der Waals surface area contributed by atoms with Crippen LogP contribution in [0.5, 0.6) is 0 Å². The molecule has 0 bridgehead atoms. The SMILES string of the molecule is CCCCCCC1(c2ccccc2)CCN(C)CC1=O. The third kappa shape index (κ3) is 3.29. The standard InChI is InChI=1S/C18H27NO/c1-3-4-5-9-12-18(16-10-7-6-8-11-16)13-14-19(2)15-17(18)20/h6-8,10-11H,3-5,9,12-15H2,1-2H3. The summed E-state index contributed by atoms with van der Waals surface area (Å²) in [5, 5.41) is 0. The molecule has 0 N–H and O–H groups in total. The monoisotopic (exact) mass is 273 g/mol. The lowest BCUT2D eigenvalue weighted by atomic mass is 9.68. The highest BCUT2D eigenvalue weighted by Crippen LogP contribution is 2.37. The van der Waals surface area contributed by atoms with Crippen molar-refractivity contribution in [3.05, 3.63) is 35.9 Å². The summed E-state index contributed by atoms with van der Waals surface area (Å²) in [5.41, 5.74) is 1.01. The fourth-order valence-electron chi connectivity index (χ4n) is 3.32. The van der Waals surface area contributed by atoms with Crippen LogP contribution >= 0.6 is 0 Å². The van der Waals surface area contributed by atoms with E-state index in [9.17, 15) is 4.79 Å². The predicted molar refractivity (Wildman–Crippen MR) is 84.0 cm³/mol. The molecule has 1 saturated heterocycles. The summed E-state index contributed by atoms with van der Waals surface area (Å²) in [6.45, 7) is 3.85. The van der Waals surface area contributed by atoms with E-state index >= 15 is 0 Å². The summed E-state index contributed by atoms with van der Waals surface area (Å²) in [7, 11) is 2.05. The number of likely N-dealkylation sites (tertiary alicyclic amines) is 1. The van der Waals surface area contributed by atoms with Gasteiger partial charge in [-0.05, 0) is 32.0 Å². The molecule has 110 valence electrons. The van der Waals surface area contributed by atoms with Gasteiger partial charge in [0.25, 0.3) is 0 Å². The molecule has 1 aromatic rings. The Hall–Kier alpha value is -1.15. The Morgan fingerprint density at radius 2 is 1.90 bits per heavy atom. The average Bonchev–Trinajstić information content (AvgIpc) is 2.47. The van der Waals surface area contributed by atoms with Gasteiger partial charge < -0.3 is 0 Å². The smallest absolute Gasteiger partial charge is 0.157 e. The molecule has 1 aliphatic heterocycles. The number of hydrogen-bond donors (Lipinski definition) is 0. The van der Waals surface area contributed by atoms with E-state index in [0.29, 0.717) is 12.3 Å². The maximum Gasteiger partial charge on any atom is 0.157 e. The second-order valence-corrected chi connectivity index (χ2v) is 6.17. The molecule has 1 heterocycles. The number of unbranched alkanes of at least 4 members (excludes halogenated alkanes) is 3. The van der Waals surface area contributed by atoms with Gasteiger partial charge in [0, 0.05) is 0 Å². The molecular formula is C18H27NO. The summed E-state index contributed by atoms with van der Waals surface area (Å²) < 4.78 is 0. The van der Waals surface area contributed by atoms with Gasteiger partial charge in [0.05, 0.1) is 12.0 Å². The Bertz CT molecular complexity index is 428. The highest BCUT2D eigenvalue weighted by atomic mass is 16.1. The number of hydrogen-bond acceptors (Lipinski definition) is 2. The minimum Gasteiger partial charge on any atom is -0.299 e. The summed E-state index contributed by atoms with van der Waals surface area (Å²) in [6, 6.07) is 10.4. The maximum absolute atomic E-state index is 12.7. The summed E-state index contributed by atoms with van der Waals surface area (Å²) in [5.74, 6) is 0.411. The number of likely N-dealkylation sites (N-methyl/N-ethyl adjacent to an activating group) is 1. The molecule has 2 rings (SSSR count). The fourth-order valence-corrected chi connectivity index (χ4v) is 3.32. The largest absolute Gasteiger partial charge is 0.299 e. The number of benzene rings is 1. The van der Waals surface area contributed by atoms with Crippen LogP contribution < -0.4 is 0 Å². The summed E-state index contributed by atoms with van der Waals surface area (Å²) in [4.78, 5) is 14.9. The van der Waals surface area contributed by atoms with E-state index in [4.69, 9.17) is 0 Å². The fraction of sp³-hybridized carbons (Fsp3) is 0.611. The quantitative estimate of drug-likeness (QED) is 0.735. The van der Waals surface area contributed by atoms with Gasteiger partial charge in [0.15, 0.2) is 5.78 Å². The molecule has 2 heteroatoms.